The number of H-pyrrole nitrogens is 1. The molecule has 33 heavy (non-hydrogen) atoms. The number of benzene rings is 3. The van der Waals surface area contributed by atoms with Crippen LogP contribution in [0.5, 0.6) is 0 Å². The molecule has 162 valence electrons. The van der Waals surface area contributed by atoms with E-state index in [4.69, 9.17) is 11.6 Å². The third-order valence-corrected chi connectivity index (χ3v) is 6.36. The van der Waals surface area contributed by atoms with Gasteiger partial charge in [0.2, 0.25) is 0 Å². The molecule has 0 amide bonds. The number of hydrazone groups is 1. The molecule has 7 heteroatoms. The van der Waals surface area contributed by atoms with Crippen LogP contribution in [0.25, 0.3) is 32.9 Å². The highest BCUT2D eigenvalue weighted by molar-refractivity contribution is 6.31. The lowest BCUT2D eigenvalue weighted by Gasteiger charge is -2.14. The topological polar surface area (TPSA) is 75.1 Å². The van der Waals surface area contributed by atoms with Gasteiger partial charge in [0.25, 0.3) is 5.56 Å². The van der Waals surface area contributed by atoms with Crippen LogP contribution in [-0.2, 0) is 7.05 Å². The average molecular weight is 454 g/mol. The Morgan fingerprint density at radius 1 is 1.03 bits per heavy atom. The fraction of sp³-hybridized carbons (Fsp3) is 0.115. The summed E-state index contributed by atoms with van der Waals surface area (Å²) in [7, 11) is 1.91. The number of nitrogens with zero attached hydrogens (tertiary/aromatic N) is 3. The number of fused-ring (bicyclic) bond motifs is 2. The number of halogens is 1. The van der Waals surface area contributed by atoms with Crippen LogP contribution in [-0.4, -0.2) is 20.5 Å². The largest absolute Gasteiger partial charge is 0.321 e. The quantitative estimate of drug-likeness (QED) is 0.395. The van der Waals surface area contributed by atoms with Crippen molar-refractivity contribution in [1.29, 1.82) is 0 Å². The van der Waals surface area contributed by atoms with Crippen molar-refractivity contribution >= 4 is 39.1 Å². The van der Waals surface area contributed by atoms with Gasteiger partial charge >= 0.3 is 0 Å². The SMILES string of the molecule is Cn1cc2cc(C3CC(c4c(-c5ccccc5)c5cc(Cl)ccc5[nH]c4=O)=NN3)ccc2n1. The van der Waals surface area contributed by atoms with E-state index in [2.05, 4.69) is 32.7 Å². The predicted molar refractivity (Wildman–Crippen MR) is 133 cm³/mol. The van der Waals surface area contributed by atoms with Crippen LogP contribution >= 0.6 is 11.6 Å². The summed E-state index contributed by atoms with van der Waals surface area (Å²) in [5.41, 5.74) is 9.00. The van der Waals surface area contributed by atoms with Crippen molar-refractivity contribution < 1.29 is 0 Å². The minimum absolute atomic E-state index is 0.0253. The number of aryl methyl sites for hydroxylation is 1. The smallest absolute Gasteiger partial charge is 0.258 e. The molecule has 0 saturated carbocycles. The zero-order valence-electron chi connectivity index (χ0n) is 17.8. The summed E-state index contributed by atoms with van der Waals surface area (Å²) in [6.07, 6.45) is 2.60. The van der Waals surface area contributed by atoms with Crippen molar-refractivity contribution in [3.05, 3.63) is 99.4 Å². The van der Waals surface area contributed by atoms with Crippen molar-refractivity contribution in [3.63, 3.8) is 0 Å². The lowest BCUT2D eigenvalue weighted by molar-refractivity contribution is 0.621. The lowest BCUT2D eigenvalue weighted by Crippen LogP contribution is -2.20. The van der Waals surface area contributed by atoms with Gasteiger partial charge in [0.05, 0.1) is 22.8 Å². The molecule has 1 unspecified atom stereocenters. The number of rotatable bonds is 3. The van der Waals surface area contributed by atoms with E-state index in [-0.39, 0.29) is 11.6 Å². The van der Waals surface area contributed by atoms with Gasteiger partial charge in [-0.05, 0) is 41.5 Å². The highest BCUT2D eigenvalue weighted by atomic mass is 35.5. The lowest BCUT2D eigenvalue weighted by atomic mass is 9.91. The summed E-state index contributed by atoms with van der Waals surface area (Å²) < 4.78 is 1.81. The molecule has 0 spiro atoms. The fourth-order valence-corrected chi connectivity index (χ4v) is 4.79. The number of pyridine rings is 1. The second-order valence-corrected chi connectivity index (χ2v) is 8.76. The van der Waals surface area contributed by atoms with Crippen LogP contribution < -0.4 is 11.0 Å². The van der Waals surface area contributed by atoms with Gasteiger partial charge in [0.15, 0.2) is 0 Å². The Balaban J connectivity index is 1.47. The third-order valence-electron chi connectivity index (χ3n) is 6.13. The molecular weight excluding hydrogens is 434 g/mol. The molecule has 2 N–H and O–H groups in total. The molecule has 0 saturated heterocycles. The fourth-order valence-electron chi connectivity index (χ4n) is 4.62. The Morgan fingerprint density at radius 3 is 2.73 bits per heavy atom. The highest BCUT2D eigenvalue weighted by Gasteiger charge is 2.27. The van der Waals surface area contributed by atoms with Crippen LogP contribution in [0.4, 0.5) is 0 Å². The molecule has 5 aromatic rings. The number of aromatic amines is 1. The number of nitrogens with one attached hydrogen (secondary N) is 2. The third kappa shape index (κ3) is 3.39. The second-order valence-electron chi connectivity index (χ2n) is 8.33. The first kappa shape index (κ1) is 19.8. The Bertz CT molecular complexity index is 1620. The van der Waals surface area contributed by atoms with Crippen molar-refractivity contribution in [1.82, 2.24) is 20.2 Å². The van der Waals surface area contributed by atoms with E-state index >= 15 is 0 Å². The van der Waals surface area contributed by atoms with E-state index in [9.17, 15) is 4.79 Å². The van der Waals surface area contributed by atoms with E-state index in [0.29, 0.717) is 17.0 Å². The van der Waals surface area contributed by atoms with Gasteiger partial charge in [-0.1, -0.05) is 48.0 Å². The zero-order chi connectivity index (χ0) is 22.5. The molecule has 3 heterocycles. The second kappa shape index (κ2) is 7.60. The van der Waals surface area contributed by atoms with Crippen molar-refractivity contribution in [2.24, 2.45) is 12.1 Å². The molecule has 0 fully saturated rings. The van der Waals surface area contributed by atoms with Gasteiger partial charge in [-0.2, -0.15) is 10.2 Å². The Hall–Kier alpha value is -3.90. The Kier molecular flexibility index (Phi) is 4.55. The van der Waals surface area contributed by atoms with Gasteiger partial charge in [0.1, 0.15) is 0 Å². The molecule has 6 rings (SSSR count). The molecule has 6 nitrogen and oxygen atoms in total. The summed E-state index contributed by atoms with van der Waals surface area (Å²) in [6, 6.07) is 21.6. The van der Waals surface area contributed by atoms with Gasteiger partial charge in [-0.3, -0.25) is 9.48 Å². The first-order valence-electron chi connectivity index (χ1n) is 10.7. The van der Waals surface area contributed by atoms with Crippen molar-refractivity contribution in [2.45, 2.75) is 12.5 Å². The Labute approximate surface area is 194 Å². The van der Waals surface area contributed by atoms with Gasteiger partial charge < -0.3 is 10.4 Å². The van der Waals surface area contributed by atoms with E-state index in [1.54, 1.807) is 6.07 Å². The molecule has 1 aliphatic rings. The molecule has 0 aliphatic carbocycles. The molecule has 0 radical (unpaired) electrons. The Morgan fingerprint density at radius 2 is 1.88 bits per heavy atom. The molecule has 1 atom stereocenters. The summed E-state index contributed by atoms with van der Waals surface area (Å²) >= 11 is 6.34. The minimum atomic E-state index is -0.160. The first-order chi connectivity index (χ1) is 16.1. The molecule has 3 aromatic carbocycles. The van der Waals surface area contributed by atoms with E-state index in [1.807, 2.05) is 66.5 Å². The molecule has 2 aromatic heterocycles. The maximum absolute atomic E-state index is 13.3. The molecule has 0 bridgehead atoms. The van der Waals surface area contributed by atoms with E-state index in [0.717, 1.165) is 44.2 Å². The maximum atomic E-state index is 13.3. The monoisotopic (exact) mass is 453 g/mol. The van der Waals surface area contributed by atoms with Crippen LogP contribution in [0.1, 0.15) is 23.6 Å². The average Bonchev–Trinajstić information content (AvgIpc) is 3.44. The maximum Gasteiger partial charge on any atom is 0.258 e. The molecular formula is C26H20ClN5O. The van der Waals surface area contributed by atoms with E-state index in [1.165, 1.54) is 0 Å². The number of aromatic nitrogens is 3. The minimum Gasteiger partial charge on any atom is -0.321 e. The van der Waals surface area contributed by atoms with Crippen LogP contribution in [0, 0.1) is 0 Å². The zero-order valence-corrected chi connectivity index (χ0v) is 18.6. The summed E-state index contributed by atoms with van der Waals surface area (Å²) in [6.45, 7) is 0. The highest BCUT2D eigenvalue weighted by Crippen LogP contribution is 2.34. The van der Waals surface area contributed by atoms with Crippen molar-refractivity contribution in [3.8, 4) is 11.1 Å². The normalized spacial score (nSPS) is 15.7. The van der Waals surface area contributed by atoms with E-state index < -0.39 is 0 Å². The molecule has 1 aliphatic heterocycles. The van der Waals surface area contributed by atoms with Crippen molar-refractivity contribution in [2.75, 3.05) is 0 Å². The van der Waals surface area contributed by atoms with Gasteiger partial charge in [0, 0.05) is 46.5 Å². The predicted octanol–water partition coefficient (Wildman–Crippen LogP) is 5.17. The van der Waals surface area contributed by atoms with Crippen LogP contribution in [0.3, 0.4) is 0 Å². The number of hydrogen-bond donors (Lipinski definition) is 2. The number of hydrogen-bond acceptors (Lipinski definition) is 4. The summed E-state index contributed by atoms with van der Waals surface area (Å²) in [4.78, 5) is 16.3. The first-order valence-corrected chi connectivity index (χ1v) is 11.1. The summed E-state index contributed by atoms with van der Waals surface area (Å²) in [5.74, 6) is 0. The van der Waals surface area contributed by atoms with Crippen LogP contribution in [0.15, 0.2) is 82.8 Å². The standard InChI is InChI=1S/C26H20ClN5O/c1-32-14-17-11-16(7-9-20(17)31-32)22-13-23(30-29-22)25-24(15-5-3-2-4-6-15)19-12-18(27)8-10-21(19)28-26(25)33/h2-12,14,22,29H,13H2,1H3,(H,28,33). The summed E-state index contributed by atoms with van der Waals surface area (Å²) in [5, 5.41) is 11.7. The van der Waals surface area contributed by atoms with Gasteiger partial charge in [-0.25, -0.2) is 0 Å². The van der Waals surface area contributed by atoms with Gasteiger partial charge in [-0.15, -0.1) is 0 Å². The van der Waals surface area contributed by atoms with Crippen LogP contribution in [0.2, 0.25) is 5.02 Å².